The minimum absolute atomic E-state index is 0.261. The third-order valence-corrected chi connectivity index (χ3v) is 6.62. The lowest BCUT2D eigenvalue weighted by atomic mass is 9.84. The number of imide groups is 1. The van der Waals surface area contributed by atoms with Gasteiger partial charge in [0.15, 0.2) is 11.3 Å². The van der Waals surface area contributed by atoms with Gasteiger partial charge in [0.05, 0.1) is 13.2 Å². The van der Waals surface area contributed by atoms with Crippen LogP contribution in [0.3, 0.4) is 0 Å². The largest absolute Gasteiger partial charge is 0.493 e. The number of carbonyl (C=O) groups is 3. The molecule has 1 fully saturated rings. The molecule has 3 heterocycles. The Labute approximate surface area is 192 Å². The number of urea groups is 1. The van der Waals surface area contributed by atoms with E-state index in [2.05, 4.69) is 9.88 Å². The van der Waals surface area contributed by atoms with Crippen LogP contribution < -0.4 is 10.1 Å². The highest BCUT2D eigenvalue weighted by molar-refractivity contribution is 6.12. The van der Waals surface area contributed by atoms with Crippen LogP contribution in [0.25, 0.3) is 0 Å². The standard InChI is InChI=1S/C26H25N3O4/c1-17-14-20(18(2)28(17)15-19-8-4-3-5-9-19)22(30)16-29-24(31)26(27-25(29)32)12-13-33-23-11-7-6-10-21(23)26/h3-11,14H,12-13,15-16H2,1-2H3,(H,27,32)/t26-/m1/s1. The molecule has 7 nitrogen and oxygen atoms in total. The Morgan fingerprint density at radius 2 is 1.79 bits per heavy atom. The van der Waals surface area contributed by atoms with E-state index in [1.165, 1.54) is 0 Å². The summed E-state index contributed by atoms with van der Waals surface area (Å²) in [6.45, 7) is 4.50. The number of benzene rings is 2. The zero-order valence-corrected chi connectivity index (χ0v) is 18.6. The van der Waals surface area contributed by atoms with Gasteiger partial charge in [0.25, 0.3) is 5.91 Å². The van der Waals surface area contributed by atoms with Gasteiger partial charge in [-0.25, -0.2) is 4.79 Å². The molecule has 0 aliphatic carbocycles. The number of nitrogens with one attached hydrogen (secondary N) is 1. The Hall–Kier alpha value is -3.87. The molecular weight excluding hydrogens is 418 g/mol. The average molecular weight is 444 g/mol. The number of fused-ring (bicyclic) bond motifs is 2. The number of hydrogen-bond donors (Lipinski definition) is 1. The molecule has 1 aromatic heterocycles. The predicted octanol–water partition coefficient (Wildman–Crippen LogP) is 3.57. The number of rotatable bonds is 5. The Morgan fingerprint density at radius 3 is 2.58 bits per heavy atom. The van der Waals surface area contributed by atoms with Crippen LogP contribution >= 0.6 is 0 Å². The molecule has 0 bridgehead atoms. The highest BCUT2D eigenvalue weighted by atomic mass is 16.5. The van der Waals surface area contributed by atoms with Crippen LogP contribution in [0.4, 0.5) is 4.79 Å². The van der Waals surface area contributed by atoms with Crippen molar-refractivity contribution in [3.63, 3.8) is 0 Å². The van der Waals surface area contributed by atoms with Crippen molar-refractivity contribution in [3.8, 4) is 5.75 Å². The van der Waals surface area contributed by atoms with Crippen molar-refractivity contribution in [2.45, 2.75) is 32.4 Å². The molecule has 1 spiro atoms. The number of hydrogen-bond acceptors (Lipinski definition) is 4. The molecule has 0 radical (unpaired) electrons. The number of nitrogens with zero attached hydrogens (tertiary/aromatic N) is 2. The summed E-state index contributed by atoms with van der Waals surface area (Å²) in [5.74, 6) is -0.0898. The molecule has 0 unspecified atom stereocenters. The quantitative estimate of drug-likeness (QED) is 0.483. The van der Waals surface area contributed by atoms with Gasteiger partial charge in [0.2, 0.25) is 0 Å². The van der Waals surface area contributed by atoms with Gasteiger partial charge >= 0.3 is 6.03 Å². The molecule has 2 aromatic carbocycles. The highest BCUT2D eigenvalue weighted by Crippen LogP contribution is 2.41. The topological polar surface area (TPSA) is 80.6 Å². The number of ether oxygens (including phenoxy) is 1. The van der Waals surface area contributed by atoms with Gasteiger partial charge in [0.1, 0.15) is 5.75 Å². The van der Waals surface area contributed by atoms with E-state index in [-0.39, 0.29) is 12.3 Å². The molecule has 1 saturated heterocycles. The first-order chi connectivity index (χ1) is 15.9. The summed E-state index contributed by atoms with van der Waals surface area (Å²) in [6, 6.07) is 18.5. The first kappa shape index (κ1) is 21.0. The molecule has 7 heteroatoms. The lowest BCUT2D eigenvalue weighted by Crippen LogP contribution is -2.47. The smallest absolute Gasteiger partial charge is 0.325 e. The monoisotopic (exact) mass is 443 g/mol. The van der Waals surface area contributed by atoms with Crippen molar-refractivity contribution in [1.29, 1.82) is 0 Å². The molecule has 1 N–H and O–H groups in total. The summed E-state index contributed by atoms with van der Waals surface area (Å²) >= 11 is 0. The van der Waals surface area contributed by atoms with Crippen LogP contribution in [0, 0.1) is 13.8 Å². The second kappa shape index (κ2) is 7.92. The number of para-hydroxylation sites is 1. The molecule has 2 aliphatic rings. The third-order valence-electron chi connectivity index (χ3n) is 6.62. The van der Waals surface area contributed by atoms with E-state index in [0.29, 0.717) is 36.4 Å². The van der Waals surface area contributed by atoms with Crippen LogP contribution in [0.5, 0.6) is 5.75 Å². The number of ketones is 1. The van der Waals surface area contributed by atoms with Gasteiger partial charge in [-0.1, -0.05) is 48.5 Å². The molecule has 1 atom stereocenters. The van der Waals surface area contributed by atoms with Crippen molar-refractivity contribution >= 4 is 17.7 Å². The van der Waals surface area contributed by atoms with E-state index in [1.54, 1.807) is 12.1 Å². The molecule has 3 aromatic rings. The van der Waals surface area contributed by atoms with Gasteiger partial charge in [-0.15, -0.1) is 0 Å². The van der Waals surface area contributed by atoms with Gasteiger partial charge in [-0.2, -0.15) is 0 Å². The molecule has 5 rings (SSSR count). The van der Waals surface area contributed by atoms with E-state index in [0.717, 1.165) is 21.9 Å². The summed E-state index contributed by atoms with van der Waals surface area (Å²) in [7, 11) is 0. The van der Waals surface area contributed by atoms with E-state index in [4.69, 9.17) is 4.74 Å². The zero-order valence-electron chi connectivity index (χ0n) is 18.6. The van der Waals surface area contributed by atoms with Gasteiger partial charge in [0, 0.05) is 35.5 Å². The van der Waals surface area contributed by atoms with Gasteiger partial charge < -0.3 is 14.6 Å². The summed E-state index contributed by atoms with van der Waals surface area (Å²) < 4.78 is 7.74. The fourth-order valence-electron chi connectivity index (χ4n) is 4.84. The van der Waals surface area contributed by atoms with E-state index < -0.39 is 17.5 Å². The van der Waals surface area contributed by atoms with Crippen LogP contribution in [-0.2, 0) is 16.9 Å². The maximum atomic E-state index is 13.5. The number of Topliss-reactive ketones (excluding diaryl/α,β-unsaturated/α-hetero) is 1. The van der Waals surface area contributed by atoms with Gasteiger partial charge in [-0.05, 0) is 31.5 Å². The number of amides is 3. The number of carbonyl (C=O) groups excluding carboxylic acids is 3. The van der Waals surface area contributed by atoms with Crippen molar-refractivity contribution in [2.75, 3.05) is 13.2 Å². The Kier molecular flexibility index (Phi) is 5.04. The van der Waals surface area contributed by atoms with Crippen LogP contribution in [0.15, 0.2) is 60.7 Å². The SMILES string of the molecule is Cc1cc(C(=O)CN2C(=O)N[C@@]3(CCOc4ccccc43)C2=O)c(C)n1Cc1ccccc1. The lowest BCUT2D eigenvalue weighted by Gasteiger charge is -2.33. The molecule has 2 aliphatic heterocycles. The van der Waals surface area contributed by atoms with Crippen molar-refractivity contribution in [1.82, 2.24) is 14.8 Å². The maximum Gasteiger partial charge on any atom is 0.325 e. The second-order valence-corrected chi connectivity index (χ2v) is 8.60. The van der Waals surface area contributed by atoms with E-state index >= 15 is 0 Å². The second-order valence-electron chi connectivity index (χ2n) is 8.60. The average Bonchev–Trinajstić information content (AvgIpc) is 3.23. The molecule has 33 heavy (non-hydrogen) atoms. The number of aryl methyl sites for hydroxylation is 1. The molecule has 3 amide bonds. The summed E-state index contributed by atoms with van der Waals surface area (Å²) in [6.07, 6.45) is 0.324. The minimum Gasteiger partial charge on any atom is -0.493 e. The summed E-state index contributed by atoms with van der Waals surface area (Å²) in [5, 5.41) is 2.85. The lowest BCUT2D eigenvalue weighted by molar-refractivity contribution is -0.132. The predicted molar refractivity (Wildman–Crippen MR) is 122 cm³/mol. The van der Waals surface area contributed by atoms with E-state index in [9.17, 15) is 14.4 Å². The third kappa shape index (κ3) is 3.40. The fraction of sp³-hybridized carbons (Fsp3) is 0.269. The minimum atomic E-state index is -1.18. The van der Waals surface area contributed by atoms with Crippen molar-refractivity contribution < 1.29 is 19.1 Å². The summed E-state index contributed by atoms with van der Waals surface area (Å²) in [5.41, 5.74) is 2.87. The zero-order chi connectivity index (χ0) is 23.2. The van der Waals surface area contributed by atoms with Crippen LogP contribution in [0.2, 0.25) is 0 Å². The van der Waals surface area contributed by atoms with Gasteiger partial charge in [-0.3, -0.25) is 14.5 Å². The Bertz CT molecular complexity index is 1260. The van der Waals surface area contributed by atoms with E-state index in [1.807, 2.05) is 62.4 Å². The first-order valence-corrected chi connectivity index (χ1v) is 11.0. The Balaban J connectivity index is 1.40. The van der Waals surface area contributed by atoms with Crippen molar-refractivity contribution in [3.05, 3.63) is 88.7 Å². The van der Waals surface area contributed by atoms with Crippen LogP contribution in [-0.4, -0.2) is 40.3 Å². The molecular formula is C26H25N3O4. The Morgan fingerprint density at radius 1 is 1.06 bits per heavy atom. The first-order valence-electron chi connectivity index (χ1n) is 11.0. The normalized spacial score (nSPS) is 19.4. The van der Waals surface area contributed by atoms with Crippen molar-refractivity contribution in [2.24, 2.45) is 0 Å². The van der Waals surface area contributed by atoms with Crippen LogP contribution in [0.1, 0.15) is 39.3 Å². The maximum absolute atomic E-state index is 13.5. The molecule has 168 valence electrons. The molecule has 0 saturated carbocycles. The fourth-order valence-corrected chi connectivity index (χ4v) is 4.84. The highest BCUT2D eigenvalue weighted by Gasteiger charge is 2.55. The summed E-state index contributed by atoms with van der Waals surface area (Å²) in [4.78, 5) is 40.5. The number of aromatic nitrogens is 1.